The van der Waals surface area contributed by atoms with Gasteiger partial charge in [-0.15, -0.1) is 0 Å². The standard InChI is InChI=1S/C17H27NO3/c1-11(2)18-6-7-21-15(10-18)17(19)16-13(4)8-12(3)9-14(16)20-5/h8-9,11,15,17,19H,6-7,10H2,1-5H3. The van der Waals surface area contributed by atoms with E-state index >= 15 is 0 Å². The van der Waals surface area contributed by atoms with Crippen molar-refractivity contribution in [2.75, 3.05) is 26.8 Å². The summed E-state index contributed by atoms with van der Waals surface area (Å²) in [4.78, 5) is 2.34. The van der Waals surface area contributed by atoms with Gasteiger partial charge in [0.2, 0.25) is 0 Å². The average Bonchev–Trinajstić information content (AvgIpc) is 2.45. The monoisotopic (exact) mass is 293 g/mol. The highest BCUT2D eigenvalue weighted by Gasteiger charge is 2.31. The van der Waals surface area contributed by atoms with Crippen LogP contribution in [0.1, 0.15) is 36.6 Å². The van der Waals surface area contributed by atoms with Gasteiger partial charge in [-0.05, 0) is 44.9 Å². The average molecular weight is 293 g/mol. The van der Waals surface area contributed by atoms with Gasteiger partial charge in [0.15, 0.2) is 0 Å². The van der Waals surface area contributed by atoms with Gasteiger partial charge in [-0.1, -0.05) is 6.07 Å². The number of aliphatic hydroxyl groups excluding tert-OH is 1. The Bertz CT molecular complexity index is 487. The van der Waals surface area contributed by atoms with E-state index in [2.05, 4.69) is 24.8 Å². The van der Waals surface area contributed by atoms with E-state index in [0.29, 0.717) is 12.6 Å². The SMILES string of the molecule is COc1cc(C)cc(C)c1C(O)C1CN(C(C)C)CCO1. The first kappa shape index (κ1) is 16.3. The Morgan fingerprint density at radius 3 is 2.67 bits per heavy atom. The van der Waals surface area contributed by atoms with Gasteiger partial charge < -0.3 is 14.6 Å². The molecule has 118 valence electrons. The molecule has 0 aliphatic carbocycles. The number of aliphatic hydroxyl groups is 1. The molecule has 1 heterocycles. The van der Waals surface area contributed by atoms with Crippen LogP contribution in [-0.4, -0.2) is 49.0 Å². The van der Waals surface area contributed by atoms with Gasteiger partial charge >= 0.3 is 0 Å². The van der Waals surface area contributed by atoms with Crippen LogP contribution in [0.4, 0.5) is 0 Å². The fourth-order valence-corrected chi connectivity index (χ4v) is 3.03. The van der Waals surface area contributed by atoms with Crippen LogP contribution in [0.5, 0.6) is 5.75 Å². The maximum absolute atomic E-state index is 10.8. The lowest BCUT2D eigenvalue weighted by atomic mass is 9.95. The molecule has 1 fully saturated rings. The smallest absolute Gasteiger partial charge is 0.125 e. The molecule has 2 rings (SSSR count). The molecule has 0 aromatic heterocycles. The number of aryl methyl sites for hydroxylation is 2. The molecular formula is C17H27NO3. The van der Waals surface area contributed by atoms with Crippen molar-refractivity contribution in [3.63, 3.8) is 0 Å². The van der Waals surface area contributed by atoms with Crippen molar-refractivity contribution in [2.24, 2.45) is 0 Å². The predicted molar refractivity (Wildman–Crippen MR) is 83.9 cm³/mol. The van der Waals surface area contributed by atoms with Crippen LogP contribution in [0.25, 0.3) is 0 Å². The summed E-state index contributed by atoms with van der Waals surface area (Å²) in [5, 5.41) is 10.8. The Labute approximate surface area is 127 Å². The van der Waals surface area contributed by atoms with Crippen LogP contribution >= 0.6 is 0 Å². The van der Waals surface area contributed by atoms with Gasteiger partial charge in [0.25, 0.3) is 0 Å². The summed E-state index contributed by atoms with van der Waals surface area (Å²) in [6.07, 6.45) is -0.876. The number of methoxy groups -OCH3 is 1. The van der Waals surface area contributed by atoms with Crippen molar-refractivity contribution in [1.29, 1.82) is 0 Å². The second-order valence-electron chi connectivity index (χ2n) is 6.14. The molecule has 1 aromatic carbocycles. The van der Waals surface area contributed by atoms with E-state index in [4.69, 9.17) is 9.47 Å². The Morgan fingerprint density at radius 2 is 2.05 bits per heavy atom. The molecule has 0 spiro atoms. The van der Waals surface area contributed by atoms with Crippen LogP contribution in [0.3, 0.4) is 0 Å². The predicted octanol–water partition coefficient (Wildman–Crippen LogP) is 2.45. The molecule has 1 N–H and O–H groups in total. The number of morpholine rings is 1. The van der Waals surface area contributed by atoms with E-state index in [1.807, 2.05) is 19.9 Å². The zero-order valence-corrected chi connectivity index (χ0v) is 13.7. The quantitative estimate of drug-likeness (QED) is 0.926. The highest BCUT2D eigenvalue weighted by atomic mass is 16.5. The molecule has 1 saturated heterocycles. The minimum Gasteiger partial charge on any atom is -0.496 e. The van der Waals surface area contributed by atoms with Crippen LogP contribution in [0.15, 0.2) is 12.1 Å². The first-order chi connectivity index (χ1) is 9.93. The zero-order chi connectivity index (χ0) is 15.6. The van der Waals surface area contributed by atoms with E-state index in [-0.39, 0.29) is 6.10 Å². The van der Waals surface area contributed by atoms with Crippen LogP contribution in [0, 0.1) is 13.8 Å². The molecule has 4 heteroatoms. The van der Waals surface area contributed by atoms with Crippen LogP contribution in [-0.2, 0) is 4.74 Å². The van der Waals surface area contributed by atoms with Gasteiger partial charge in [-0.25, -0.2) is 0 Å². The molecule has 21 heavy (non-hydrogen) atoms. The molecule has 1 aromatic rings. The summed E-state index contributed by atoms with van der Waals surface area (Å²) in [5.41, 5.74) is 3.02. The molecule has 2 atom stereocenters. The zero-order valence-electron chi connectivity index (χ0n) is 13.7. The van der Waals surface area contributed by atoms with E-state index in [0.717, 1.165) is 35.5 Å². The van der Waals surface area contributed by atoms with Crippen molar-refractivity contribution < 1.29 is 14.6 Å². The van der Waals surface area contributed by atoms with E-state index in [9.17, 15) is 5.11 Å². The van der Waals surface area contributed by atoms with Gasteiger partial charge in [-0.2, -0.15) is 0 Å². The first-order valence-corrected chi connectivity index (χ1v) is 7.63. The van der Waals surface area contributed by atoms with Crippen molar-refractivity contribution in [1.82, 2.24) is 4.90 Å². The summed E-state index contributed by atoms with van der Waals surface area (Å²) in [7, 11) is 1.65. The second kappa shape index (κ2) is 6.77. The summed E-state index contributed by atoms with van der Waals surface area (Å²) in [6.45, 7) is 10.7. The fourth-order valence-electron chi connectivity index (χ4n) is 3.03. The number of ether oxygens (including phenoxy) is 2. The molecule has 4 nitrogen and oxygen atoms in total. The number of benzene rings is 1. The maximum atomic E-state index is 10.8. The first-order valence-electron chi connectivity index (χ1n) is 7.63. The van der Waals surface area contributed by atoms with E-state index < -0.39 is 6.10 Å². The fraction of sp³-hybridized carbons (Fsp3) is 0.647. The van der Waals surface area contributed by atoms with Gasteiger partial charge in [0, 0.05) is 24.7 Å². The van der Waals surface area contributed by atoms with Crippen LogP contribution < -0.4 is 4.74 Å². The molecule has 0 radical (unpaired) electrons. The lowest BCUT2D eigenvalue weighted by Crippen LogP contribution is -2.47. The minimum absolute atomic E-state index is 0.212. The highest BCUT2D eigenvalue weighted by molar-refractivity contribution is 5.45. The summed E-state index contributed by atoms with van der Waals surface area (Å²) in [5.74, 6) is 0.741. The van der Waals surface area contributed by atoms with Crippen molar-refractivity contribution in [3.8, 4) is 5.75 Å². The lowest BCUT2D eigenvalue weighted by Gasteiger charge is -2.38. The number of rotatable bonds is 4. The molecular weight excluding hydrogens is 266 g/mol. The summed E-state index contributed by atoms with van der Waals surface area (Å²) >= 11 is 0. The second-order valence-corrected chi connectivity index (χ2v) is 6.14. The maximum Gasteiger partial charge on any atom is 0.125 e. The largest absolute Gasteiger partial charge is 0.496 e. The lowest BCUT2D eigenvalue weighted by molar-refractivity contribution is -0.0967. The third-order valence-electron chi connectivity index (χ3n) is 4.22. The molecule has 0 amide bonds. The molecule has 0 saturated carbocycles. The minimum atomic E-state index is -0.665. The van der Waals surface area contributed by atoms with Gasteiger partial charge in [-0.3, -0.25) is 4.90 Å². The Morgan fingerprint density at radius 1 is 1.33 bits per heavy atom. The molecule has 1 aliphatic heterocycles. The van der Waals surface area contributed by atoms with E-state index in [1.54, 1.807) is 7.11 Å². The number of nitrogens with zero attached hydrogens (tertiary/aromatic N) is 1. The normalized spacial score (nSPS) is 21.6. The Hall–Kier alpha value is -1.10. The van der Waals surface area contributed by atoms with Gasteiger partial charge in [0.05, 0.1) is 13.7 Å². The number of hydrogen-bond acceptors (Lipinski definition) is 4. The van der Waals surface area contributed by atoms with Gasteiger partial charge in [0.1, 0.15) is 18.0 Å². The van der Waals surface area contributed by atoms with E-state index in [1.165, 1.54) is 0 Å². The summed E-state index contributed by atoms with van der Waals surface area (Å²) in [6, 6.07) is 4.50. The Balaban J connectivity index is 2.25. The van der Waals surface area contributed by atoms with Crippen molar-refractivity contribution >= 4 is 0 Å². The van der Waals surface area contributed by atoms with Crippen LogP contribution in [0.2, 0.25) is 0 Å². The van der Waals surface area contributed by atoms with Crippen molar-refractivity contribution in [3.05, 3.63) is 28.8 Å². The summed E-state index contributed by atoms with van der Waals surface area (Å²) < 4.78 is 11.3. The third kappa shape index (κ3) is 3.57. The number of hydrogen-bond donors (Lipinski definition) is 1. The topological polar surface area (TPSA) is 41.9 Å². The molecule has 2 unspecified atom stereocenters. The Kier molecular flexibility index (Phi) is 5.25. The highest BCUT2D eigenvalue weighted by Crippen LogP contribution is 2.33. The molecule has 1 aliphatic rings. The third-order valence-corrected chi connectivity index (χ3v) is 4.22. The van der Waals surface area contributed by atoms with Crippen molar-refractivity contribution in [2.45, 2.75) is 45.9 Å². The molecule has 0 bridgehead atoms.